The summed E-state index contributed by atoms with van der Waals surface area (Å²) in [6.07, 6.45) is 0. The van der Waals surface area contributed by atoms with Gasteiger partial charge in [0.25, 0.3) is 0 Å². The molecule has 0 amide bonds. The van der Waals surface area contributed by atoms with Gasteiger partial charge in [-0.3, -0.25) is 0 Å². The molecule has 1 unspecified atom stereocenters. The molecule has 0 spiro atoms. The van der Waals surface area contributed by atoms with Gasteiger partial charge >= 0.3 is 0 Å². The van der Waals surface area contributed by atoms with Gasteiger partial charge < -0.3 is 14.2 Å². The molecule has 2 rings (SSSR count). The number of halogens is 2. The molecule has 0 N–H and O–H groups in total. The third-order valence-electron chi connectivity index (χ3n) is 3.18. The van der Waals surface area contributed by atoms with Crippen molar-refractivity contribution in [3.05, 3.63) is 53.3 Å². The quantitative estimate of drug-likeness (QED) is 0.747. The second-order valence-corrected chi connectivity index (χ2v) is 5.25. The van der Waals surface area contributed by atoms with Gasteiger partial charge in [0.2, 0.25) is 0 Å². The van der Waals surface area contributed by atoms with E-state index in [2.05, 4.69) is 15.9 Å². The van der Waals surface area contributed by atoms with Crippen molar-refractivity contribution in [1.82, 2.24) is 0 Å². The van der Waals surface area contributed by atoms with E-state index in [1.54, 1.807) is 51.7 Å². The fourth-order valence-corrected chi connectivity index (χ4v) is 2.94. The fraction of sp³-hybridized carbons (Fsp3) is 0.250. The third kappa shape index (κ3) is 3.13. The molecule has 0 saturated carbocycles. The van der Waals surface area contributed by atoms with E-state index in [-0.39, 0.29) is 5.82 Å². The summed E-state index contributed by atoms with van der Waals surface area (Å²) < 4.78 is 30.0. The Balaban J connectivity index is 2.59. The Morgan fingerprint density at radius 1 is 0.952 bits per heavy atom. The van der Waals surface area contributed by atoms with E-state index in [1.807, 2.05) is 0 Å². The van der Waals surface area contributed by atoms with Crippen molar-refractivity contribution >= 4 is 15.9 Å². The molecule has 5 heteroatoms. The zero-order chi connectivity index (χ0) is 15.4. The Morgan fingerprint density at radius 3 is 2.00 bits per heavy atom. The minimum atomic E-state index is -0.394. The number of hydrogen-bond donors (Lipinski definition) is 0. The molecule has 0 fully saturated rings. The van der Waals surface area contributed by atoms with Crippen molar-refractivity contribution < 1.29 is 18.6 Å². The third-order valence-corrected chi connectivity index (χ3v) is 4.14. The van der Waals surface area contributed by atoms with E-state index in [0.29, 0.717) is 28.4 Å². The number of methoxy groups -OCH3 is 3. The summed E-state index contributed by atoms with van der Waals surface area (Å²) in [6.45, 7) is 0. The van der Waals surface area contributed by atoms with Crippen molar-refractivity contribution in [2.24, 2.45) is 0 Å². The predicted molar refractivity (Wildman–Crippen MR) is 83.3 cm³/mol. The molecule has 3 nitrogen and oxygen atoms in total. The molecule has 2 aromatic carbocycles. The van der Waals surface area contributed by atoms with Crippen LogP contribution in [-0.4, -0.2) is 21.3 Å². The van der Waals surface area contributed by atoms with Crippen LogP contribution < -0.4 is 14.2 Å². The number of benzene rings is 2. The molecule has 21 heavy (non-hydrogen) atoms. The summed E-state index contributed by atoms with van der Waals surface area (Å²) in [5.74, 6) is 1.45. The summed E-state index contributed by atoms with van der Waals surface area (Å²) in [7, 11) is 4.67. The maximum absolute atomic E-state index is 14.0. The number of rotatable bonds is 5. The number of ether oxygens (including phenoxy) is 3. The monoisotopic (exact) mass is 354 g/mol. The topological polar surface area (TPSA) is 27.7 Å². The Hall–Kier alpha value is -1.75. The van der Waals surface area contributed by atoms with Gasteiger partial charge in [-0.25, -0.2) is 4.39 Å². The lowest BCUT2D eigenvalue weighted by atomic mass is 10.0. The van der Waals surface area contributed by atoms with E-state index in [4.69, 9.17) is 14.2 Å². The molecule has 0 radical (unpaired) electrons. The lowest BCUT2D eigenvalue weighted by Crippen LogP contribution is -2.03. The van der Waals surface area contributed by atoms with Gasteiger partial charge in [-0.05, 0) is 6.07 Å². The van der Waals surface area contributed by atoms with Crippen LogP contribution in [0.1, 0.15) is 16.0 Å². The van der Waals surface area contributed by atoms with Crippen LogP contribution in [0.3, 0.4) is 0 Å². The normalized spacial score (nSPS) is 11.9. The predicted octanol–water partition coefficient (Wildman–Crippen LogP) is 4.34. The fourth-order valence-electron chi connectivity index (χ4n) is 2.12. The van der Waals surface area contributed by atoms with E-state index in [1.165, 1.54) is 6.07 Å². The van der Waals surface area contributed by atoms with Crippen LogP contribution >= 0.6 is 15.9 Å². The number of hydrogen-bond acceptors (Lipinski definition) is 3. The maximum atomic E-state index is 14.0. The van der Waals surface area contributed by atoms with E-state index in [0.717, 1.165) is 0 Å². The summed E-state index contributed by atoms with van der Waals surface area (Å²) >= 11 is 3.53. The summed E-state index contributed by atoms with van der Waals surface area (Å²) in [4.78, 5) is -0.394. The first-order valence-electron chi connectivity index (χ1n) is 6.30. The lowest BCUT2D eigenvalue weighted by molar-refractivity contribution is 0.369. The summed E-state index contributed by atoms with van der Waals surface area (Å²) in [5.41, 5.74) is 1.23. The number of alkyl halides is 1. The van der Waals surface area contributed by atoms with Gasteiger partial charge in [-0.1, -0.05) is 34.1 Å². The Bertz CT molecular complexity index is 606. The first kappa shape index (κ1) is 15.6. The van der Waals surface area contributed by atoms with E-state index < -0.39 is 4.83 Å². The summed E-state index contributed by atoms with van der Waals surface area (Å²) in [5, 5.41) is 0. The highest BCUT2D eigenvalue weighted by Crippen LogP contribution is 2.45. The summed E-state index contributed by atoms with van der Waals surface area (Å²) in [6, 6.07) is 10.1. The van der Waals surface area contributed by atoms with Crippen molar-refractivity contribution in [2.45, 2.75) is 4.83 Å². The van der Waals surface area contributed by atoms with Gasteiger partial charge in [0.15, 0.2) is 0 Å². The Kier molecular flexibility index (Phi) is 5.07. The second-order valence-electron chi connectivity index (χ2n) is 4.33. The van der Waals surface area contributed by atoms with Crippen molar-refractivity contribution in [2.75, 3.05) is 21.3 Å². The zero-order valence-electron chi connectivity index (χ0n) is 12.0. The molecule has 0 aliphatic rings. The van der Waals surface area contributed by atoms with Gasteiger partial charge in [-0.15, -0.1) is 0 Å². The van der Waals surface area contributed by atoms with Crippen LogP contribution in [0.15, 0.2) is 36.4 Å². The van der Waals surface area contributed by atoms with Crippen LogP contribution in [0.2, 0.25) is 0 Å². The molecule has 2 aromatic rings. The molecule has 0 heterocycles. The smallest absolute Gasteiger partial charge is 0.130 e. The van der Waals surface area contributed by atoms with Crippen molar-refractivity contribution in [3.63, 3.8) is 0 Å². The zero-order valence-corrected chi connectivity index (χ0v) is 13.6. The lowest BCUT2D eigenvalue weighted by Gasteiger charge is -2.19. The Morgan fingerprint density at radius 2 is 1.52 bits per heavy atom. The molecular weight excluding hydrogens is 339 g/mol. The maximum Gasteiger partial charge on any atom is 0.130 e. The molecule has 0 bridgehead atoms. The second kappa shape index (κ2) is 6.80. The highest BCUT2D eigenvalue weighted by atomic mass is 79.9. The van der Waals surface area contributed by atoms with Crippen LogP contribution in [0.25, 0.3) is 0 Å². The van der Waals surface area contributed by atoms with Gasteiger partial charge in [-0.2, -0.15) is 0 Å². The first-order valence-corrected chi connectivity index (χ1v) is 7.22. The highest BCUT2D eigenvalue weighted by molar-refractivity contribution is 9.09. The first-order chi connectivity index (χ1) is 10.1. The van der Waals surface area contributed by atoms with Gasteiger partial charge in [0, 0.05) is 17.7 Å². The minimum Gasteiger partial charge on any atom is -0.496 e. The van der Waals surface area contributed by atoms with Crippen molar-refractivity contribution in [3.8, 4) is 17.2 Å². The molecule has 0 aromatic heterocycles. The standard InChI is InChI=1S/C16H16BrFO3/c1-19-10-8-13(20-2)15(14(9-10)21-3)16(17)11-6-4-5-7-12(11)18/h4-9,16H,1-3H3. The van der Waals surface area contributed by atoms with E-state index in [9.17, 15) is 4.39 Å². The van der Waals surface area contributed by atoms with Crippen LogP contribution in [-0.2, 0) is 0 Å². The van der Waals surface area contributed by atoms with Crippen LogP contribution in [0, 0.1) is 5.82 Å². The molecule has 0 aliphatic heterocycles. The molecule has 0 aliphatic carbocycles. The SMILES string of the molecule is COc1cc(OC)c(C(Br)c2ccccc2F)c(OC)c1. The minimum absolute atomic E-state index is 0.292. The molecule has 1 atom stereocenters. The Labute approximate surface area is 131 Å². The highest BCUT2D eigenvalue weighted by Gasteiger charge is 2.23. The van der Waals surface area contributed by atoms with E-state index >= 15 is 0 Å². The van der Waals surface area contributed by atoms with Gasteiger partial charge in [0.1, 0.15) is 23.1 Å². The van der Waals surface area contributed by atoms with Crippen molar-refractivity contribution in [1.29, 1.82) is 0 Å². The molecular formula is C16H16BrFO3. The average molecular weight is 355 g/mol. The van der Waals surface area contributed by atoms with Crippen LogP contribution in [0.5, 0.6) is 17.2 Å². The van der Waals surface area contributed by atoms with Gasteiger partial charge in [0.05, 0.1) is 31.7 Å². The molecule has 112 valence electrons. The molecule has 0 saturated heterocycles. The van der Waals surface area contributed by atoms with Crippen LogP contribution in [0.4, 0.5) is 4.39 Å². The average Bonchev–Trinajstić information content (AvgIpc) is 2.53. The largest absolute Gasteiger partial charge is 0.496 e.